The highest BCUT2D eigenvalue weighted by molar-refractivity contribution is 5.91. The molecule has 3 saturated heterocycles. The van der Waals surface area contributed by atoms with Gasteiger partial charge in [-0.2, -0.15) is 18.2 Å². The van der Waals surface area contributed by atoms with Crippen molar-refractivity contribution in [3.8, 4) is 11.3 Å². The van der Waals surface area contributed by atoms with Crippen LogP contribution in [0.15, 0.2) is 18.3 Å². The standard InChI is InChI=1S/C21H24F3N7O3/c22-21(23,24)14-5-16(28-18(32)7-25)26-8-13(14)15-6-17(30-1-3-33-4-2-30)29-19(27-15)31-9-20(10-31)11-34-12-20/h5-6,8H,1-4,7,9-12,25H2,(H,26,28,32). The number of pyridine rings is 1. The van der Waals surface area contributed by atoms with Crippen molar-refractivity contribution >= 4 is 23.5 Å². The minimum absolute atomic E-state index is 0.0834. The van der Waals surface area contributed by atoms with E-state index in [2.05, 4.69) is 20.3 Å². The fraction of sp³-hybridized carbons (Fsp3) is 0.524. The van der Waals surface area contributed by atoms with Crippen LogP contribution < -0.4 is 20.9 Å². The number of hydrogen-bond donors (Lipinski definition) is 2. The highest BCUT2D eigenvalue weighted by Gasteiger charge is 2.50. The van der Waals surface area contributed by atoms with Crippen LogP contribution in [0.25, 0.3) is 11.3 Å². The number of nitrogens with zero attached hydrogens (tertiary/aromatic N) is 5. The largest absolute Gasteiger partial charge is 0.417 e. The molecule has 13 heteroatoms. The Bertz CT molecular complexity index is 1080. The van der Waals surface area contributed by atoms with Gasteiger partial charge in [0.2, 0.25) is 11.9 Å². The van der Waals surface area contributed by atoms with E-state index >= 15 is 0 Å². The van der Waals surface area contributed by atoms with E-state index in [4.69, 9.17) is 15.2 Å². The van der Waals surface area contributed by atoms with Gasteiger partial charge in [0.1, 0.15) is 11.6 Å². The first-order chi connectivity index (χ1) is 16.3. The average molecular weight is 479 g/mol. The normalized spacial score (nSPS) is 19.5. The maximum Gasteiger partial charge on any atom is 0.417 e. The first kappa shape index (κ1) is 22.7. The fourth-order valence-corrected chi connectivity index (χ4v) is 4.29. The molecule has 3 aliphatic rings. The van der Waals surface area contributed by atoms with Crippen LogP contribution in [-0.4, -0.2) is 80.0 Å². The number of carbonyl (C=O) groups is 1. The van der Waals surface area contributed by atoms with E-state index in [1.54, 1.807) is 6.07 Å². The fourth-order valence-electron chi connectivity index (χ4n) is 4.29. The lowest BCUT2D eigenvalue weighted by atomic mass is 9.78. The summed E-state index contributed by atoms with van der Waals surface area (Å²) in [7, 11) is 0. The molecule has 2 aromatic heterocycles. The third kappa shape index (κ3) is 4.38. The van der Waals surface area contributed by atoms with Gasteiger partial charge in [0.25, 0.3) is 0 Å². The topological polar surface area (TPSA) is 119 Å². The van der Waals surface area contributed by atoms with Gasteiger partial charge < -0.3 is 30.3 Å². The average Bonchev–Trinajstić information content (AvgIpc) is 2.77. The van der Waals surface area contributed by atoms with E-state index < -0.39 is 17.6 Å². The van der Waals surface area contributed by atoms with Gasteiger partial charge in [-0.05, 0) is 6.07 Å². The van der Waals surface area contributed by atoms with Gasteiger partial charge in [0.05, 0.1) is 49.6 Å². The van der Waals surface area contributed by atoms with E-state index in [0.29, 0.717) is 64.4 Å². The van der Waals surface area contributed by atoms with E-state index in [0.717, 1.165) is 12.3 Å². The van der Waals surface area contributed by atoms with Gasteiger partial charge in [-0.15, -0.1) is 0 Å². The minimum atomic E-state index is -4.70. The summed E-state index contributed by atoms with van der Waals surface area (Å²) < 4.78 is 52.8. The monoisotopic (exact) mass is 479 g/mol. The summed E-state index contributed by atoms with van der Waals surface area (Å²) in [5, 5.41) is 2.27. The summed E-state index contributed by atoms with van der Waals surface area (Å²) in [6, 6.07) is 2.34. The Balaban J connectivity index is 1.55. The van der Waals surface area contributed by atoms with Gasteiger partial charge in [0.15, 0.2) is 0 Å². The minimum Gasteiger partial charge on any atom is -0.380 e. The molecule has 3 fully saturated rings. The summed E-state index contributed by atoms with van der Waals surface area (Å²) in [6.07, 6.45) is -3.63. The summed E-state index contributed by atoms with van der Waals surface area (Å²) in [5.41, 5.74) is 4.28. The van der Waals surface area contributed by atoms with E-state index in [-0.39, 0.29) is 29.0 Å². The van der Waals surface area contributed by atoms with Crippen molar-refractivity contribution < 1.29 is 27.4 Å². The number of hydrogen-bond acceptors (Lipinski definition) is 9. The van der Waals surface area contributed by atoms with Crippen molar-refractivity contribution in [2.45, 2.75) is 6.18 Å². The molecule has 182 valence electrons. The molecule has 0 radical (unpaired) electrons. The van der Waals surface area contributed by atoms with Crippen LogP contribution in [0, 0.1) is 5.41 Å². The van der Waals surface area contributed by atoms with Crippen LogP contribution in [0.3, 0.4) is 0 Å². The smallest absolute Gasteiger partial charge is 0.380 e. The number of amides is 1. The number of nitrogens with two attached hydrogens (primary N) is 1. The van der Waals surface area contributed by atoms with Crippen molar-refractivity contribution in [2.75, 3.05) is 74.3 Å². The second-order valence-corrected chi connectivity index (χ2v) is 8.72. The summed E-state index contributed by atoms with van der Waals surface area (Å²) in [4.78, 5) is 28.6. The molecule has 0 saturated carbocycles. The molecule has 0 aliphatic carbocycles. The number of alkyl halides is 3. The van der Waals surface area contributed by atoms with Crippen molar-refractivity contribution in [1.29, 1.82) is 0 Å². The molecule has 5 rings (SSSR count). The van der Waals surface area contributed by atoms with E-state index in [9.17, 15) is 18.0 Å². The number of ether oxygens (including phenoxy) is 2. The zero-order chi connectivity index (χ0) is 23.9. The molecule has 0 atom stereocenters. The number of aromatic nitrogens is 3. The van der Waals surface area contributed by atoms with Crippen molar-refractivity contribution in [3.63, 3.8) is 0 Å². The Hall–Kier alpha value is -3.03. The Morgan fingerprint density at radius 3 is 2.47 bits per heavy atom. The van der Waals surface area contributed by atoms with Crippen LogP contribution in [0.4, 0.5) is 30.8 Å². The third-order valence-corrected chi connectivity index (χ3v) is 6.13. The quantitative estimate of drug-likeness (QED) is 0.651. The zero-order valence-corrected chi connectivity index (χ0v) is 18.3. The predicted octanol–water partition coefficient (Wildman–Crippen LogP) is 1.13. The molecule has 10 nitrogen and oxygen atoms in total. The lowest BCUT2D eigenvalue weighted by Gasteiger charge is -2.55. The Morgan fingerprint density at radius 2 is 1.85 bits per heavy atom. The number of anilines is 3. The Labute approximate surface area is 193 Å². The summed E-state index contributed by atoms with van der Waals surface area (Å²) in [6.45, 7) is 4.49. The number of nitrogens with one attached hydrogen (secondary N) is 1. The van der Waals surface area contributed by atoms with Gasteiger partial charge >= 0.3 is 6.18 Å². The van der Waals surface area contributed by atoms with Crippen LogP contribution in [0.1, 0.15) is 5.56 Å². The molecule has 5 heterocycles. The van der Waals surface area contributed by atoms with E-state index in [1.807, 2.05) is 9.80 Å². The molecule has 0 bridgehead atoms. The van der Waals surface area contributed by atoms with Gasteiger partial charge in [-0.3, -0.25) is 4.79 Å². The maximum absolute atomic E-state index is 14.0. The lowest BCUT2D eigenvalue weighted by molar-refractivity contribution is -0.137. The van der Waals surface area contributed by atoms with Crippen molar-refractivity contribution in [3.05, 3.63) is 23.9 Å². The summed E-state index contributed by atoms with van der Waals surface area (Å²) in [5.74, 6) is 0.0239. The van der Waals surface area contributed by atoms with Gasteiger partial charge in [-0.25, -0.2) is 9.97 Å². The molecule has 34 heavy (non-hydrogen) atoms. The summed E-state index contributed by atoms with van der Waals surface area (Å²) >= 11 is 0. The Morgan fingerprint density at radius 1 is 1.12 bits per heavy atom. The van der Waals surface area contributed by atoms with E-state index in [1.165, 1.54) is 0 Å². The van der Waals surface area contributed by atoms with Gasteiger partial charge in [0, 0.05) is 44.0 Å². The molecule has 3 aliphatic heterocycles. The van der Waals surface area contributed by atoms with Crippen molar-refractivity contribution in [1.82, 2.24) is 15.0 Å². The first-order valence-electron chi connectivity index (χ1n) is 10.9. The van der Waals surface area contributed by atoms with Gasteiger partial charge in [-0.1, -0.05) is 0 Å². The highest BCUT2D eigenvalue weighted by atomic mass is 19.4. The highest BCUT2D eigenvalue weighted by Crippen LogP contribution is 2.42. The Kier molecular flexibility index (Phi) is 5.78. The zero-order valence-electron chi connectivity index (χ0n) is 18.3. The lowest BCUT2D eigenvalue weighted by Crippen LogP contribution is -2.66. The second-order valence-electron chi connectivity index (χ2n) is 8.72. The van der Waals surface area contributed by atoms with Crippen LogP contribution >= 0.6 is 0 Å². The number of carbonyl (C=O) groups excluding carboxylic acids is 1. The number of rotatable bonds is 5. The maximum atomic E-state index is 14.0. The third-order valence-electron chi connectivity index (χ3n) is 6.13. The predicted molar refractivity (Wildman–Crippen MR) is 116 cm³/mol. The molecule has 1 amide bonds. The molecule has 0 unspecified atom stereocenters. The van der Waals surface area contributed by atoms with Crippen molar-refractivity contribution in [2.24, 2.45) is 11.1 Å². The molecular weight excluding hydrogens is 455 g/mol. The first-order valence-corrected chi connectivity index (χ1v) is 10.9. The van der Waals surface area contributed by atoms with Crippen LogP contribution in [-0.2, 0) is 20.4 Å². The second kappa shape index (κ2) is 8.64. The molecule has 3 N–H and O–H groups in total. The van der Waals surface area contributed by atoms with Crippen LogP contribution in [0.5, 0.6) is 0 Å². The SMILES string of the molecule is NCC(=O)Nc1cc(C(F)(F)F)c(-c2cc(N3CCOCC3)nc(N3CC4(COC4)C3)n2)cn1. The molecule has 0 aromatic carbocycles. The molecule has 2 aromatic rings. The molecule has 1 spiro atoms. The van der Waals surface area contributed by atoms with Crippen LogP contribution in [0.2, 0.25) is 0 Å². The number of morpholine rings is 1. The molecular formula is C21H24F3N7O3. The number of halogens is 3.